The summed E-state index contributed by atoms with van der Waals surface area (Å²) in [5, 5.41) is 3.30. The Balaban J connectivity index is 1.93. The number of halogens is 1. The van der Waals surface area contributed by atoms with E-state index in [-0.39, 0.29) is 29.2 Å². The summed E-state index contributed by atoms with van der Waals surface area (Å²) in [6.45, 7) is 1.47. The maximum atomic E-state index is 13.8. The van der Waals surface area contributed by atoms with Crippen molar-refractivity contribution in [2.75, 3.05) is 31.3 Å². The van der Waals surface area contributed by atoms with Crippen LogP contribution in [0.5, 0.6) is 11.5 Å². The fraction of sp³-hybridized carbons (Fsp3) is 0.481. The number of amides is 2. The predicted molar refractivity (Wildman–Crippen MR) is 148 cm³/mol. The molecule has 0 bridgehead atoms. The molecule has 3 rings (SSSR count). The number of rotatable bonds is 12. The third-order valence-electron chi connectivity index (χ3n) is 6.70. The first-order valence-electron chi connectivity index (χ1n) is 12.6. The van der Waals surface area contributed by atoms with E-state index >= 15 is 0 Å². The highest BCUT2D eigenvalue weighted by Gasteiger charge is 2.33. The molecule has 2 aromatic rings. The van der Waals surface area contributed by atoms with Crippen molar-refractivity contribution >= 4 is 39.1 Å². The van der Waals surface area contributed by atoms with E-state index in [1.165, 1.54) is 24.1 Å². The third-order valence-corrected chi connectivity index (χ3v) is 8.14. The van der Waals surface area contributed by atoms with E-state index in [0.29, 0.717) is 17.9 Å². The minimum absolute atomic E-state index is 0.0865. The molecule has 0 radical (unpaired) electrons. The molecule has 0 spiro atoms. The van der Waals surface area contributed by atoms with E-state index < -0.39 is 28.5 Å². The highest BCUT2D eigenvalue weighted by atomic mass is 35.5. The summed E-state index contributed by atoms with van der Waals surface area (Å²) in [6.07, 6.45) is 5.33. The molecule has 1 atom stereocenters. The number of carbonyl (C=O) groups excluding carboxylic acids is 2. The zero-order valence-electron chi connectivity index (χ0n) is 22.3. The quantitative estimate of drug-likeness (QED) is 0.417. The Morgan fingerprint density at radius 2 is 1.74 bits per heavy atom. The minimum atomic E-state index is -3.87. The SMILES string of the molecule is CC[C@H](C(=O)NC1CCCC1)N(Cc1ccc(OC)cc1)C(=O)CN(c1ccc(OC)c(Cl)c1)S(C)(=O)=O. The fourth-order valence-corrected chi connectivity index (χ4v) is 5.73. The number of benzene rings is 2. The van der Waals surface area contributed by atoms with Crippen molar-refractivity contribution in [1.29, 1.82) is 0 Å². The average Bonchev–Trinajstić information content (AvgIpc) is 3.39. The Kier molecular flexibility index (Phi) is 10.3. The van der Waals surface area contributed by atoms with Gasteiger partial charge in [-0.2, -0.15) is 0 Å². The first kappa shape index (κ1) is 29.6. The molecule has 38 heavy (non-hydrogen) atoms. The van der Waals surface area contributed by atoms with Gasteiger partial charge in [-0.25, -0.2) is 8.42 Å². The Morgan fingerprint density at radius 3 is 2.26 bits per heavy atom. The van der Waals surface area contributed by atoms with Crippen molar-refractivity contribution < 1.29 is 27.5 Å². The Bertz CT molecular complexity index is 1220. The maximum Gasteiger partial charge on any atom is 0.244 e. The van der Waals surface area contributed by atoms with Gasteiger partial charge in [0.2, 0.25) is 21.8 Å². The van der Waals surface area contributed by atoms with Crippen LogP contribution in [0, 0.1) is 0 Å². The molecule has 1 fully saturated rings. The van der Waals surface area contributed by atoms with Crippen molar-refractivity contribution in [2.24, 2.45) is 0 Å². The molecular weight excluding hydrogens is 530 g/mol. The van der Waals surface area contributed by atoms with Gasteiger partial charge in [0, 0.05) is 12.6 Å². The smallest absolute Gasteiger partial charge is 0.244 e. The lowest BCUT2D eigenvalue weighted by molar-refractivity contribution is -0.140. The number of hydrogen-bond acceptors (Lipinski definition) is 6. The molecule has 1 aliphatic rings. The molecule has 1 N–H and O–H groups in total. The number of anilines is 1. The van der Waals surface area contributed by atoms with Crippen LogP contribution in [-0.2, 0) is 26.2 Å². The number of nitrogens with one attached hydrogen (secondary N) is 1. The second-order valence-corrected chi connectivity index (χ2v) is 11.7. The molecule has 0 unspecified atom stereocenters. The lowest BCUT2D eigenvalue weighted by atomic mass is 10.1. The first-order chi connectivity index (χ1) is 18.1. The monoisotopic (exact) mass is 565 g/mol. The maximum absolute atomic E-state index is 13.8. The number of ether oxygens (including phenoxy) is 2. The van der Waals surface area contributed by atoms with Crippen molar-refractivity contribution in [3.8, 4) is 11.5 Å². The summed E-state index contributed by atoms with van der Waals surface area (Å²) in [5.74, 6) is 0.300. The van der Waals surface area contributed by atoms with E-state index in [0.717, 1.165) is 41.8 Å². The molecule has 11 heteroatoms. The van der Waals surface area contributed by atoms with Crippen LogP contribution < -0.4 is 19.1 Å². The highest BCUT2D eigenvalue weighted by molar-refractivity contribution is 7.92. The number of carbonyl (C=O) groups is 2. The Labute approximate surface area is 230 Å². The van der Waals surface area contributed by atoms with Crippen LogP contribution in [0.4, 0.5) is 5.69 Å². The molecule has 0 saturated heterocycles. The van der Waals surface area contributed by atoms with Gasteiger partial charge in [0.1, 0.15) is 24.1 Å². The van der Waals surface area contributed by atoms with Crippen LogP contribution in [0.25, 0.3) is 0 Å². The van der Waals surface area contributed by atoms with Crippen LogP contribution in [0.2, 0.25) is 5.02 Å². The van der Waals surface area contributed by atoms with Crippen molar-refractivity contribution in [2.45, 2.75) is 57.7 Å². The second-order valence-electron chi connectivity index (χ2n) is 9.37. The first-order valence-corrected chi connectivity index (χ1v) is 14.8. The topological polar surface area (TPSA) is 105 Å². The van der Waals surface area contributed by atoms with E-state index in [4.69, 9.17) is 21.1 Å². The highest BCUT2D eigenvalue weighted by Crippen LogP contribution is 2.30. The van der Waals surface area contributed by atoms with Gasteiger partial charge in [0.05, 0.1) is 31.2 Å². The summed E-state index contributed by atoms with van der Waals surface area (Å²) in [5.41, 5.74) is 1.00. The van der Waals surface area contributed by atoms with Crippen LogP contribution in [0.3, 0.4) is 0 Å². The lowest BCUT2D eigenvalue weighted by Crippen LogP contribution is -2.53. The molecule has 1 saturated carbocycles. The van der Waals surface area contributed by atoms with Crippen LogP contribution >= 0.6 is 11.6 Å². The van der Waals surface area contributed by atoms with Crippen LogP contribution in [0.1, 0.15) is 44.6 Å². The van der Waals surface area contributed by atoms with Crippen LogP contribution in [0.15, 0.2) is 42.5 Å². The third kappa shape index (κ3) is 7.54. The van der Waals surface area contributed by atoms with Gasteiger partial charge in [-0.15, -0.1) is 0 Å². The molecule has 208 valence electrons. The largest absolute Gasteiger partial charge is 0.497 e. The van der Waals surface area contributed by atoms with E-state index in [2.05, 4.69) is 5.32 Å². The van der Waals surface area contributed by atoms with Gasteiger partial charge in [0.25, 0.3) is 0 Å². The van der Waals surface area contributed by atoms with Gasteiger partial charge in [-0.1, -0.05) is 43.5 Å². The standard InChI is InChI=1S/C27H36ClN3O6S/c1-5-24(27(33)29-20-8-6-7-9-20)30(17-19-10-13-22(36-2)14-11-19)26(32)18-31(38(4,34)35)21-12-15-25(37-3)23(28)16-21/h10-16,20,24H,5-9,17-18H2,1-4H3,(H,29,33)/t24-/m1/s1. The van der Waals surface area contributed by atoms with Crippen molar-refractivity contribution in [1.82, 2.24) is 10.2 Å². The zero-order valence-corrected chi connectivity index (χ0v) is 23.8. The summed E-state index contributed by atoms with van der Waals surface area (Å²) in [4.78, 5) is 28.6. The molecular formula is C27H36ClN3O6S. The molecule has 0 heterocycles. The number of hydrogen-bond donors (Lipinski definition) is 1. The lowest BCUT2D eigenvalue weighted by Gasteiger charge is -2.33. The summed E-state index contributed by atoms with van der Waals surface area (Å²) < 4.78 is 36.9. The van der Waals surface area contributed by atoms with E-state index in [1.807, 2.05) is 19.1 Å². The second kappa shape index (κ2) is 13.2. The number of nitrogens with zero attached hydrogens (tertiary/aromatic N) is 2. The van der Waals surface area contributed by atoms with E-state index in [9.17, 15) is 18.0 Å². The zero-order chi connectivity index (χ0) is 27.9. The number of methoxy groups -OCH3 is 2. The van der Waals surface area contributed by atoms with Crippen molar-refractivity contribution in [3.05, 3.63) is 53.1 Å². The Hall–Kier alpha value is -2.98. The van der Waals surface area contributed by atoms with Gasteiger partial charge >= 0.3 is 0 Å². The average molecular weight is 566 g/mol. The fourth-order valence-electron chi connectivity index (χ4n) is 4.64. The summed E-state index contributed by atoms with van der Waals surface area (Å²) >= 11 is 6.25. The summed E-state index contributed by atoms with van der Waals surface area (Å²) in [7, 11) is -0.845. The predicted octanol–water partition coefficient (Wildman–Crippen LogP) is 3.99. The molecule has 2 amide bonds. The van der Waals surface area contributed by atoms with Crippen LogP contribution in [-0.4, -0.2) is 64.2 Å². The van der Waals surface area contributed by atoms with E-state index in [1.54, 1.807) is 25.3 Å². The molecule has 9 nitrogen and oxygen atoms in total. The number of sulfonamides is 1. The normalized spacial score (nSPS) is 14.6. The molecule has 2 aromatic carbocycles. The van der Waals surface area contributed by atoms with Gasteiger partial charge < -0.3 is 19.7 Å². The molecule has 0 aliphatic heterocycles. The Morgan fingerprint density at radius 1 is 1.08 bits per heavy atom. The van der Waals surface area contributed by atoms with Crippen molar-refractivity contribution in [3.63, 3.8) is 0 Å². The van der Waals surface area contributed by atoms with Gasteiger partial charge in [0.15, 0.2) is 0 Å². The van der Waals surface area contributed by atoms with Gasteiger partial charge in [-0.3, -0.25) is 13.9 Å². The minimum Gasteiger partial charge on any atom is -0.497 e. The molecule has 0 aromatic heterocycles. The summed E-state index contributed by atoms with van der Waals surface area (Å²) in [6, 6.07) is 11.0. The molecule has 1 aliphatic carbocycles. The van der Waals surface area contributed by atoms with Gasteiger partial charge in [-0.05, 0) is 55.2 Å².